The molecular weight excluding hydrogens is 422 g/mol. The molecule has 0 radical (unpaired) electrons. The topological polar surface area (TPSA) is 3.24 Å². The second-order valence-corrected chi connectivity index (χ2v) is 9.34. The maximum absolute atomic E-state index is 2.38. The van der Waals surface area contributed by atoms with Crippen LogP contribution >= 0.6 is 0 Å². The summed E-state index contributed by atoms with van der Waals surface area (Å²) in [5.74, 6) is 0. The fraction of sp³-hybridized carbons (Fsp3) is 0.118. The average Bonchev–Trinajstić information content (AvgIpc) is 3.29. The van der Waals surface area contributed by atoms with E-state index in [0.29, 0.717) is 0 Å². The highest BCUT2D eigenvalue weighted by Crippen LogP contribution is 2.42. The molecule has 5 aromatic carbocycles. The molecule has 0 heterocycles. The molecule has 0 atom stereocenters. The molecule has 1 aliphatic carbocycles. The van der Waals surface area contributed by atoms with Gasteiger partial charge in [-0.25, -0.2) is 0 Å². The molecule has 0 saturated carbocycles. The van der Waals surface area contributed by atoms with E-state index in [2.05, 4.69) is 133 Å². The van der Waals surface area contributed by atoms with Gasteiger partial charge in [0.2, 0.25) is 0 Å². The number of anilines is 3. The van der Waals surface area contributed by atoms with Crippen LogP contribution in [-0.2, 0) is 12.8 Å². The highest BCUT2D eigenvalue weighted by molar-refractivity contribution is 5.83. The highest BCUT2D eigenvalue weighted by atomic mass is 15.1. The predicted molar refractivity (Wildman–Crippen MR) is 149 cm³/mol. The lowest BCUT2D eigenvalue weighted by atomic mass is 10.0. The summed E-state index contributed by atoms with van der Waals surface area (Å²) < 4.78 is 0. The Labute approximate surface area is 208 Å². The van der Waals surface area contributed by atoms with E-state index in [1.54, 1.807) is 0 Å². The molecule has 0 amide bonds. The van der Waals surface area contributed by atoms with E-state index in [-0.39, 0.29) is 0 Å². The first-order chi connectivity index (χ1) is 17.3. The van der Waals surface area contributed by atoms with Crippen LogP contribution in [0, 0.1) is 0 Å². The predicted octanol–water partition coefficient (Wildman–Crippen LogP) is 9.35. The van der Waals surface area contributed by atoms with Crippen molar-refractivity contribution >= 4 is 17.1 Å². The van der Waals surface area contributed by atoms with Crippen LogP contribution < -0.4 is 4.90 Å². The first-order valence-electron chi connectivity index (χ1n) is 12.6. The van der Waals surface area contributed by atoms with E-state index in [0.717, 1.165) is 19.3 Å². The Kier molecular flexibility index (Phi) is 5.68. The minimum absolute atomic E-state index is 0.996. The summed E-state index contributed by atoms with van der Waals surface area (Å²) in [7, 11) is 0. The average molecular weight is 452 g/mol. The summed E-state index contributed by atoms with van der Waals surface area (Å²) in [4.78, 5) is 2.38. The van der Waals surface area contributed by atoms with Crippen LogP contribution in [-0.4, -0.2) is 0 Å². The second kappa shape index (κ2) is 9.27. The summed E-state index contributed by atoms with van der Waals surface area (Å²) >= 11 is 0. The van der Waals surface area contributed by atoms with Gasteiger partial charge in [0, 0.05) is 17.1 Å². The lowest BCUT2D eigenvalue weighted by Gasteiger charge is -2.26. The Morgan fingerprint density at radius 1 is 0.543 bits per heavy atom. The van der Waals surface area contributed by atoms with Gasteiger partial charge in [0.25, 0.3) is 0 Å². The van der Waals surface area contributed by atoms with E-state index in [1.165, 1.54) is 56.0 Å². The van der Waals surface area contributed by atoms with Crippen molar-refractivity contribution in [2.24, 2.45) is 0 Å². The van der Waals surface area contributed by atoms with Crippen LogP contribution in [0.2, 0.25) is 0 Å². The van der Waals surface area contributed by atoms with Gasteiger partial charge in [0.1, 0.15) is 0 Å². The maximum atomic E-state index is 2.38. The van der Waals surface area contributed by atoms with Gasteiger partial charge in [-0.3, -0.25) is 0 Å². The Morgan fingerprint density at radius 2 is 1.14 bits per heavy atom. The number of fused-ring (bicyclic) bond motifs is 3. The van der Waals surface area contributed by atoms with E-state index in [9.17, 15) is 0 Å². The van der Waals surface area contributed by atoms with Crippen LogP contribution in [0.5, 0.6) is 0 Å². The third-order valence-electron chi connectivity index (χ3n) is 7.00. The van der Waals surface area contributed by atoms with Crippen LogP contribution in [0.4, 0.5) is 17.1 Å². The lowest BCUT2D eigenvalue weighted by Crippen LogP contribution is -2.10. The van der Waals surface area contributed by atoms with Crippen molar-refractivity contribution in [1.29, 1.82) is 0 Å². The number of rotatable bonds is 6. The van der Waals surface area contributed by atoms with Gasteiger partial charge < -0.3 is 4.90 Å². The molecule has 6 rings (SSSR count). The molecule has 0 spiro atoms. The fourth-order valence-corrected chi connectivity index (χ4v) is 5.25. The molecule has 0 aliphatic heterocycles. The van der Waals surface area contributed by atoms with Crippen molar-refractivity contribution in [3.8, 4) is 22.3 Å². The molecule has 170 valence electrons. The molecule has 5 aromatic rings. The third kappa shape index (κ3) is 4.15. The zero-order valence-electron chi connectivity index (χ0n) is 20.1. The van der Waals surface area contributed by atoms with Crippen LogP contribution in [0.15, 0.2) is 121 Å². The number of nitrogens with zero attached hydrogens (tertiary/aromatic N) is 1. The van der Waals surface area contributed by atoms with Crippen molar-refractivity contribution in [3.05, 3.63) is 138 Å². The van der Waals surface area contributed by atoms with Crippen molar-refractivity contribution in [2.45, 2.75) is 26.2 Å². The van der Waals surface area contributed by atoms with E-state index >= 15 is 0 Å². The zero-order valence-corrected chi connectivity index (χ0v) is 20.1. The molecule has 1 heteroatoms. The number of benzene rings is 5. The molecule has 35 heavy (non-hydrogen) atoms. The Balaban J connectivity index is 1.41. The molecule has 1 nitrogen and oxygen atoms in total. The van der Waals surface area contributed by atoms with E-state index in [4.69, 9.17) is 0 Å². The smallest absolute Gasteiger partial charge is 0.0464 e. The van der Waals surface area contributed by atoms with E-state index < -0.39 is 0 Å². The highest BCUT2D eigenvalue weighted by Gasteiger charge is 2.20. The van der Waals surface area contributed by atoms with Crippen molar-refractivity contribution in [2.75, 3.05) is 4.90 Å². The summed E-state index contributed by atoms with van der Waals surface area (Å²) in [6.07, 6.45) is 3.27. The normalized spacial score (nSPS) is 11.7. The van der Waals surface area contributed by atoms with Crippen molar-refractivity contribution in [3.63, 3.8) is 0 Å². The third-order valence-corrected chi connectivity index (χ3v) is 7.00. The summed E-state index contributed by atoms with van der Waals surface area (Å²) in [5, 5.41) is 0. The number of hydrogen-bond acceptors (Lipinski definition) is 1. The Hall–Kier alpha value is -4.10. The molecule has 0 bridgehead atoms. The molecule has 0 fully saturated rings. The second-order valence-electron chi connectivity index (χ2n) is 9.34. The SMILES string of the molecule is CCCc1ccc(N(c2ccc(-c3ccccc3)cc2)c2ccc3c(c2)Cc2ccccc2-3)cc1. The Morgan fingerprint density at radius 3 is 1.89 bits per heavy atom. The summed E-state index contributed by atoms with van der Waals surface area (Å²) in [5.41, 5.74) is 13.0. The molecule has 0 aromatic heterocycles. The van der Waals surface area contributed by atoms with Crippen LogP contribution in [0.25, 0.3) is 22.3 Å². The number of aryl methyl sites for hydroxylation is 1. The van der Waals surface area contributed by atoms with Crippen LogP contribution in [0.1, 0.15) is 30.0 Å². The molecule has 0 saturated heterocycles. The van der Waals surface area contributed by atoms with Gasteiger partial charge in [-0.15, -0.1) is 0 Å². The Bertz CT molecular complexity index is 1450. The molecular formula is C34H29N. The first-order valence-corrected chi connectivity index (χ1v) is 12.6. The van der Waals surface area contributed by atoms with Gasteiger partial charge in [-0.2, -0.15) is 0 Å². The van der Waals surface area contributed by atoms with Gasteiger partial charge in [0.15, 0.2) is 0 Å². The van der Waals surface area contributed by atoms with E-state index in [1.807, 2.05) is 0 Å². The standard InChI is InChI=1S/C34H29N/c1-2-8-25-13-17-30(18-14-25)35(31-19-15-27(16-20-31)26-9-4-3-5-10-26)32-21-22-34-29(24-32)23-28-11-6-7-12-33(28)34/h3-7,9-22,24H,2,8,23H2,1H3. The maximum Gasteiger partial charge on any atom is 0.0464 e. The minimum atomic E-state index is 0.996. The largest absolute Gasteiger partial charge is 0.310 e. The van der Waals surface area contributed by atoms with Gasteiger partial charge in [0.05, 0.1) is 0 Å². The first kappa shape index (κ1) is 21.4. The summed E-state index contributed by atoms with van der Waals surface area (Å²) in [6.45, 7) is 2.23. The van der Waals surface area contributed by atoms with Gasteiger partial charge in [-0.05, 0) is 88.2 Å². The van der Waals surface area contributed by atoms with Crippen LogP contribution in [0.3, 0.4) is 0 Å². The molecule has 0 N–H and O–H groups in total. The lowest BCUT2D eigenvalue weighted by molar-refractivity contribution is 0.922. The van der Waals surface area contributed by atoms with Gasteiger partial charge in [-0.1, -0.05) is 98.3 Å². The van der Waals surface area contributed by atoms with Crippen molar-refractivity contribution in [1.82, 2.24) is 0 Å². The zero-order chi connectivity index (χ0) is 23.6. The molecule has 1 aliphatic rings. The minimum Gasteiger partial charge on any atom is -0.310 e. The quantitative estimate of drug-likeness (QED) is 0.244. The van der Waals surface area contributed by atoms with Gasteiger partial charge >= 0.3 is 0 Å². The number of hydrogen-bond donors (Lipinski definition) is 0. The molecule has 0 unspecified atom stereocenters. The van der Waals surface area contributed by atoms with Crippen molar-refractivity contribution < 1.29 is 0 Å². The monoisotopic (exact) mass is 451 g/mol. The fourth-order valence-electron chi connectivity index (χ4n) is 5.25. The summed E-state index contributed by atoms with van der Waals surface area (Å²) in [6, 6.07) is 44.3.